The van der Waals surface area contributed by atoms with Gasteiger partial charge in [0.2, 0.25) is 5.89 Å². The lowest BCUT2D eigenvalue weighted by Crippen LogP contribution is -2.52. The summed E-state index contributed by atoms with van der Waals surface area (Å²) in [6.07, 6.45) is 5.87. The van der Waals surface area contributed by atoms with E-state index in [9.17, 15) is 4.79 Å². The summed E-state index contributed by atoms with van der Waals surface area (Å²) >= 11 is 0. The van der Waals surface area contributed by atoms with Gasteiger partial charge in [0.1, 0.15) is 6.04 Å². The van der Waals surface area contributed by atoms with Gasteiger partial charge in [0, 0.05) is 38.3 Å². The Morgan fingerprint density at radius 2 is 2.12 bits per heavy atom. The third kappa shape index (κ3) is 3.57. The van der Waals surface area contributed by atoms with Crippen LogP contribution < -0.4 is 10.2 Å². The minimum absolute atomic E-state index is 0.0930. The number of rotatable bonds is 4. The zero-order valence-corrected chi connectivity index (χ0v) is 14.3. The van der Waals surface area contributed by atoms with Gasteiger partial charge in [-0.05, 0) is 31.9 Å². The van der Waals surface area contributed by atoms with E-state index < -0.39 is 0 Å². The number of carbonyl (C=O) groups excluding carboxylic acids is 1. The second-order valence-corrected chi connectivity index (χ2v) is 6.62. The van der Waals surface area contributed by atoms with E-state index in [1.807, 2.05) is 30.2 Å². The number of amides is 2. The molecule has 8 heteroatoms. The largest absolute Gasteiger partial charge is 0.367 e. The number of anilines is 1. The maximum atomic E-state index is 12.5. The number of aromatic nitrogens is 3. The van der Waals surface area contributed by atoms with Gasteiger partial charge in [-0.25, -0.2) is 4.79 Å². The highest BCUT2D eigenvalue weighted by Crippen LogP contribution is 2.38. The molecule has 2 aromatic rings. The maximum absolute atomic E-state index is 12.5. The van der Waals surface area contributed by atoms with Crippen molar-refractivity contribution in [1.82, 2.24) is 25.3 Å². The monoisotopic (exact) mass is 342 g/mol. The van der Waals surface area contributed by atoms with Gasteiger partial charge in [-0.3, -0.25) is 4.98 Å². The van der Waals surface area contributed by atoms with Gasteiger partial charge in [-0.15, -0.1) is 0 Å². The van der Waals surface area contributed by atoms with Gasteiger partial charge >= 0.3 is 6.03 Å². The average molecular weight is 342 g/mol. The topological polar surface area (TPSA) is 87.4 Å². The molecule has 8 nitrogen and oxygen atoms in total. The zero-order valence-electron chi connectivity index (χ0n) is 14.3. The van der Waals surface area contributed by atoms with Gasteiger partial charge in [0.25, 0.3) is 0 Å². The highest BCUT2D eigenvalue weighted by atomic mass is 16.5. The van der Waals surface area contributed by atoms with Crippen molar-refractivity contribution in [3.8, 4) is 0 Å². The van der Waals surface area contributed by atoms with Crippen molar-refractivity contribution in [1.29, 1.82) is 0 Å². The zero-order chi connectivity index (χ0) is 17.2. The molecule has 2 aliphatic rings. The molecule has 3 heterocycles. The van der Waals surface area contributed by atoms with E-state index in [1.54, 1.807) is 6.20 Å². The van der Waals surface area contributed by atoms with Crippen molar-refractivity contribution >= 4 is 11.7 Å². The quantitative estimate of drug-likeness (QED) is 0.913. The van der Waals surface area contributed by atoms with Crippen LogP contribution in [-0.4, -0.2) is 52.2 Å². The van der Waals surface area contributed by atoms with Crippen LogP contribution in [0, 0.1) is 0 Å². The molecule has 25 heavy (non-hydrogen) atoms. The first-order valence-electron chi connectivity index (χ1n) is 8.74. The summed E-state index contributed by atoms with van der Waals surface area (Å²) in [7, 11) is 0. The second-order valence-electron chi connectivity index (χ2n) is 6.62. The number of nitrogens with one attached hydrogen (secondary N) is 1. The molecule has 0 spiro atoms. The van der Waals surface area contributed by atoms with Crippen molar-refractivity contribution in [2.75, 3.05) is 31.1 Å². The van der Waals surface area contributed by atoms with Gasteiger partial charge < -0.3 is 19.6 Å². The SMILES string of the molecule is C[C@H](NC(=O)N1CCN(c2cccnc2)CC1)c1nc(C2CC2)no1. The Hall–Kier alpha value is -2.64. The molecule has 0 bridgehead atoms. The van der Waals surface area contributed by atoms with Crippen LogP contribution in [0.3, 0.4) is 0 Å². The number of nitrogens with zero attached hydrogens (tertiary/aromatic N) is 5. The molecule has 1 aliphatic heterocycles. The summed E-state index contributed by atoms with van der Waals surface area (Å²) < 4.78 is 5.28. The predicted octanol–water partition coefficient (Wildman–Crippen LogP) is 1.93. The van der Waals surface area contributed by atoms with Crippen molar-refractivity contribution in [3.63, 3.8) is 0 Å². The molecule has 1 aliphatic carbocycles. The number of carbonyl (C=O) groups is 1. The molecule has 2 fully saturated rings. The highest BCUT2D eigenvalue weighted by molar-refractivity contribution is 5.75. The van der Waals surface area contributed by atoms with Crippen LogP contribution in [0.1, 0.15) is 43.4 Å². The molecule has 1 saturated heterocycles. The van der Waals surface area contributed by atoms with Gasteiger partial charge in [0.15, 0.2) is 5.82 Å². The number of hydrogen-bond acceptors (Lipinski definition) is 6. The predicted molar refractivity (Wildman–Crippen MR) is 91.2 cm³/mol. The van der Waals surface area contributed by atoms with Crippen molar-refractivity contribution < 1.29 is 9.32 Å². The third-order valence-electron chi connectivity index (χ3n) is 4.69. The molecule has 2 amide bonds. The van der Waals surface area contributed by atoms with Crippen LogP contribution in [0.4, 0.5) is 10.5 Å². The smallest absolute Gasteiger partial charge is 0.318 e. The minimum Gasteiger partial charge on any atom is -0.367 e. The summed E-state index contributed by atoms with van der Waals surface area (Å²) in [5.41, 5.74) is 1.09. The summed E-state index contributed by atoms with van der Waals surface area (Å²) in [6, 6.07) is 3.59. The first-order chi connectivity index (χ1) is 12.2. The van der Waals surface area contributed by atoms with E-state index >= 15 is 0 Å². The summed E-state index contributed by atoms with van der Waals surface area (Å²) in [5.74, 6) is 1.69. The van der Waals surface area contributed by atoms with Crippen LogP contribution in [0.25, 0.3) is 0 Å². The van der Waals surface area contributed by atoms with Gasteiger partial charge in [0.05, 0.1) is 11.9 Å². The molecular formula is C17H22N6O2. The Morgan fingerprint density at radius 1 is 1.32 bits per heavy atom. The Morgan fingerprint density at radius 3 is 2.80 bits per heavy atom. The van der Waals surface area contributed by atoms with Gasteiger partial charge in [-0.1, -0.05) is 5.16 Å². The molecule has 0 aromatic carbocycles. The number of hydrogen-bond donors (Lipinski definition) is 1. The Labute approximate surface area is 146 Å². The Bertz CT molecular complexity index is 722. The van der Waals surface area contributed by atoms with Crippen LogP contribution in [0.15, 0.2) is 29.0 Å². The van der Waals surface area contributed by atoms with Crippen molar-refractivity contribution in [2.45, 2.75) is 31.7 Å². The minimum atomic E-state index is -0.288. The summed E-state index contributed by atoms with van der Waals surface area (Å²) in [4.78, 5) is 25.1. The van der Waals surface area contributed by atoms with Crippen LogP contribution in [0.5, 0.6) is 0 Å². The van der Waals surface area contributed by atoms with Crippen molar-refractivity contribution in [2.24, 2.45) is 0 Å². The van der Waals surface area contributed by atoms with Crippen molar-refractivity contribution in [3.05, 3.63) is 36.2 Å². The molecule has 0 radical (unpaired) electrons. The van der Waals surface area contributed by atoms with Crippen LogP contribution in [0.2, 0.25) is 0 Å². The second kappa shape index (κ2) is 6.70. The number of urea groups is 1. The average Bonchev–Trinajstić information content (AvgIpc) is 3.39. The lowest BCUT2D eigenvalue weighted by atomic mass is 10.3. The normalized spacial score (nSPS) is 18.9. The van der Waals surface area contributed by atoms with Gasteiger partial charge in [-0.2, -0.15) is 4.98 Å². The highest BCUT2D eigenvalue weighted by Gasteiger charge is 2.30. The standard InChI is InChI=1S/C17H22N6O2/c1-12(16-20-15(21-25-16)13-4-5-13)19-17(24)23-9-7-22(8-10-23)14-3-2-6-18-11-14/h2-3,6,11-13H,4-5,7-10H2,1H3,(H,19,24)/t12-/m0/s1. The van der Waals surface area contributed by atoms with Crippen LogP contribution >= 0.6 is 0 Å². The molecule has 2 aromatic heterocycles. The fourth-order valence-electron chi connectivity index (χ4n) is 2.98. The first kappa shape index (κ1) is 15.9. The molecule has 1 atom stereocenters. The molecule has 4 rings (SSSR count). The Kier molecular flexibility index (Phi) is 4.25. The van der Waals surface area contributed by atoms with E-state index in [2.05, 4.69) is 25.3 Å². The first-order valence-corrected chi connectivity index (χ1v) is 8.74. The molecular weight excluding hydrogens is 320 g/mol. The fraction of sp³-hybridized carbons (Fsp3) is 0.529. The summed E-state index contributed by atoms with van der Waals surface area (Å²) in [5, 5.41) is 6.95. The molecule has 132 valence electrons. The number of piperazine rings is 1. The van der Waals surface area contributed by atoms with E-state index in [4.69, 9.17) is 4.52 Å². The Balaban J connectivity index is 1.29. The fourth-order valence-corrected chi connectivity index (χ4v) is 2.98. The number of pyridine rings is 1. The maximum Gasteiger partial charge on any atom is 0.318 e. The molecule has 1 N–H and O–H groups in total. The van der Waals surface area contributed by atoms with E-state index in [-0.39, 0.29) is 12.1 Å². The molecule has 1 saturated carbocycles. The molecule has 0 unspecified atom stereocenters. The third-order valence-corrected chi connectivity index (χ3v) is 4.69. The lowest BCUT2D eigenvalue weighted by molar-refractivity contribution is 0.188. The van der Waals surface area contributed by atoms with Crippen LogP contribution in [-0.2, 0) is 0 Å². The van der Waals surface area contributed by atoms with E-state index in [0.29, 0.717) is 24.9 Å². The van der Waals surface area contributed by atoms with E-state index in [1.165, 1.54) is 0 Å². The lowest BCUT2D eigenvalue weighted by Gasteiger charge is -2.36. The summed E-state index contributed by atoms with van der Waals surface area (Å²) in [6.45, 7) is 4.79. The van der Waals surface area contributed by atoms with E-state index in [0.717, 1.165) is 37.4 Å².